The molecule has 0 spiro atoms. The van der Waals surface area contributed by atoms with Gasteiger partial charge in [0.1, 0.15) is 5.75 Å². The van der Waals surface area contributed by atoms with E-state index >= 15 is 0 Å². The van der Waals surface area contributed by atoms with Crippen LogP contribution in [0.3, 0.4) is 0 Å². The molecule has 5 heteroatoms. The molecule has 6 rings (SSSR count). The molecular formula is C27H28ClO4-. The van der Waals surface area contributed by atoms with Crippen LogP contribution < -0.4 is 9.84 Å². The van der Waals surface area contributed by atoms with Crippen molar-refractivity contribution in [1.82, 2.24) is 0 Å². The Bertz CT molecular complexity index is 1050. The maximum Gasteiger partial charge on any atom is 0.328 e. The van der Waals surface area contributed by atoms with Crippen LogP contribution in [0.15, 0.2) is 36.4 Å². The van der Waals surface area contributed by atoms with E-state index in [9.17, 15) is 9.90 Å². The second kappa shape index (κ2) is 8.15. The lowest BCUT2D eigenvalue weighted by Gasteiger charge is -2.58. The summed E-state index contributed by atoms with van der Waals surface area (Å²) >= 11 is 6.42. The van der Waals surface area contributed by atoms with Gasteiger partial charge in [-0.25, -0.2) is 4.79 Å². The third kappa shape index (κ3) is 3.79. The molecule has 0 aromatic heterocycles. The fraction of sp³-hybridized carbons (Fsp3) is 0.444. The minimum absolute atomic E-state index is 0.00175. The van der Waals surface area contributed by atoms with Gasteiger partial charge in [-0.05, 0) is 98.0 Å². The van der Waals surface area contributed by atoms with Gasteiger partial charge in [-0.3, -0.25) is 0 Å². The van der Waals surface area contributed by atoms with E-state index in [0.717, 1.165) is 59.8 Å². The Hall–Kier alpha value is -2.46. The molecule has 0 amide bonds. The smallest absolute Gasteiger partial charge is 0.328 e. The highest BCUT2D eigenvalue weighted by molar-refractivity contribution is 6.31. The largest absolute Gasteiger partial charge is 0.872 e. The maximum absolute atomic E-state index is 13.1. The van der Waals surface area contributed by atoms with Gasteiger partial charge in [-0.1, -0.05) is 29.8 Å². The fourth-order valence-corrected chi connectivity index (χ4v) is 7.20. The zero-order valence-electron chi connectivity index (χ0n) is 18.3. The first-order chi connectivity index (χ1) is 15.4. The molecule has 1 N–H and O–H groups in total. The molecule has 2 aromatic rings. The lowest BCUT2D eigenvalue weighted by Crippen LogP contribution is -2.48. The van der Waals surface area contributed by atoms with Gasteiger partial charge in [0.05, 0.1) is 6.61 Å². The van der Waals surface area contributed by atoms with E-state index in [2.05, 4.69) is 6.07 Å². The quantitative estimate of drug-likeness (QED) is 0.543. The summed E-state index contributed by atoms with van der Waals surface area (Å²) in [7, 11) is 0. The minimum Gasteiger partial charge on any atom is -0.872 e. The SMILES string of the molecule is CCOc1c(/C=C/C(=O)O)cc(Cl)cc1-c1ccc([O-])c(C23CC4CC(CC(C4)C2)C3)c1. The number of halogens is 1. The lowest BCUT2D eigenvalue weighted by atomic mass is 9.48. The third-order valence-corrected chi connectivity index (χ3v) is 7.89. The van der Waals surface area contributed by atoms with Crippen LogP contribution in [-0.4, -0.2) is 17.7 Å². The van der Waals surface area contributed by atoms with Crippen molar-refractivity contribution >= 4 is 23.6 Å². The highest BCUT2D eigenvalue weighted by Crippen LogP contribution is 2.62. The Morgan fingerprint density at radius 3 is 2.41 bits per heavy atom. The molecule has 0 heterocycles. The summed E-state index contributed by atoms with van der Waals surface area (Å²) < 4.78 is 5.95. The molecule has 0 radical (unpaired) electrons. The number of carbonyl (C=O) groups is 1. The van der Waals surface area contributed by atoms with Crippen molar-refractivity contribution in [2.24, 2.45) is 17.8 Å². The minimum atomic E-state index is -1.03. The molecule has 0 unspecified atom stereocenters. The van der Waals surface area contributed by atoms with E-state index in [-0.39, 0.29) is 11.2 Å². The number of hydrogen-bond donors (Lipinski definition) is 1. The summed E-state index contributed by atoms with van der Waals surface area (Å²) in [6.07, 6.45) is 9.94. The molecule has 0 atom stereocenters. The van der Waals surface area contributed by atoms with Crippen molar-refractivity contribution in [2.45, 2.75) is 50.9 Å². The molecule has 4 nitrogen and oxygen atoms in total. The van der Waals surface area contributed by atoms with Crippen molar-refractivity contribution in [3.8, 4) is 22.6 Å². The number of ether oxygens (including phenoxy) is 1. The molecule has 2 aromatic carbocycles. The summed E-state index contributed by atoms with van der Waals surface area (Å²) in [5.41, 5.74) is 3.23. The van der Waals surface area contributed by atoms with Crippen LogP contribution in [0.25, 0.3) is 17.2 Å². The van der Waals surface area contributed by atoms with E-state index in [1.807, 2.05) is 19.1 Å². The number of carboxylic acid groups (broad SMARTS) is 1. The van der Waals surface area contributed by atoms with Crippen LogP contribution in [0, 0.1) is 17.8 Å². The second-order valence-corrected chi connectivity index (χ2v) is 10.3. The molecule has 4 saturated carbocycles. The molecule has 4 aliphatic rings. The second-order valence-electron chi connectivity index (χ2n) is 9.89. The zero-order valence-corrected chi connectivity index (χ0v) is 19.0. The average Bonchev–Trinajstić information content (AvgIpc) is 2.73. The normalized spacial score (nSPS) is 28.4. The van der Waals surface area contributed by atoms with Crippen LogP contribution >= 0.6 is 11.6 Å². The Balaban J connectivity index is 1.62. The fourth-order valence-electron chi connectivity index (χ4n) is 6.97. The van der Waals surface area contributed by atoms with Crippen molar-refractivity contribution in [2.75, 3.05) is 6.61 Å². The Labute approximate surface area is 193 Å². The molecule has 0 aliphatic heterocycles. The van der Waals surface area contributed by atoms with Gasteiger partial charge in [-0.2, -0.15) is 0 Å². The molecule has 32 heavy (non-hydrogen) atoms. The number of rotatable bonds is 6. The van der Waals surface area contributed by atoms with E-state index in [4.69, 9.17) is 21.4 Å². The summed E-state index contributed by atoms with van der Waals surface area (Å²) in [5, 5.41) is 22.7. The van der Waals surface area contributed by atoms with Gasteiger partial charge in [0.2, 0.25) is 0 Å². The van der Waals surface area contributed by atoms with Crippen LogP contribution in [0.5, 0.6) is 11.5 Å². The summed E-state index contributed by atoms with van der Waals surface area (Å²) in [4.78, 5) is 11.1. The van der Waals surface area contributed by atoms with Gasteiger partial charge >= 0.3 is 5.97 Å². The lowest BCUT2D eigenvalue weighted by molar-refractivity contribution is -0.271. The first-order valence-corrected chi connectivity index (χ1v) is 11.9. The molecule has 168 valence electrons. The number of hydrogen-bond acceptors (Lipinski definition) is 3. The van der Waals surface area contributed by atoms with Crippen molar-refractivity contribution in [3.05, 3.63) is 52.6 Å². The van der Waals surface area contributed by atoms with Gasteiger partial charge < -0.3 is 14.9 Å². The van der Waals surface area contributed by atoms with E-state index in [1.165, 1.54) is 25.3 Å². The maximum atomic E-state index is 13.1. The first-order valence-electron chi connectivity index (χ1n) is 11.6. The predicted octanol–water partition coefficient (Wildman–Crippen LogP) is 6.04. The Kier molecular flexibility index (Phi) is 5.45. The van der Waals surface area contributed by atoms with Crippen molar-refractivity contribution in [1.29, 1.82) is 0 Å². The highest BCUT2D eigenvalue weighted by atomic mass is 35.5. The van der Waals surface area contributed by atoms with Gasteiger partial charge in [0.15, 0.2) is 0 Å². The Morgan fingerprint density at radius 1 is 1.16 bits per heavy atom. The summed E-state index contributed by atoms with van der Waals surface area (Å²) in [6, 6.07) is 9.14. The van der Waals surface area contributed by atoms with Crippen molar-refractivity contribution < 1.29 is 19.7 Å². The molecule has 0 saturated heterocycles. The zero-order chi connectivity index (χ0) is 22.5. The van der Waals surface area contributed by atoms with E-state index in [0.29, 0.717) is 22.9 Å². The third-order valence-electron chi connectivity index (χ3n) is 7.68. The van der Waals surface area contributed by atoms with Crippen LogP contribution in [0.1, 0.15) is 56.6 Å². The predicted molar refractivity (Wildman–Crippen MR) is 124 cm³/mol. The van der Waals surface area contributed by atoms with Crippen molar-refractivity contribution in [3.63, 3.8) is 0 Å². The average molecular weight is 452 g/mol. The van der Waals surface area contributed by atoms with E-state index in [1.54, 1.807) is 12.1 Å². The van der Waals surface area contributed by atoms with Gasteiger partial charge in [-0.15, -0.1) is 5.75 Å². The standard InChI is InChI=1S/C27H29ClO4/c1-2-32-26-20(4-6-25(30)31)10-21(28)12-22(26)19-3-5-24(29)23(11-19)27-13-16-7-17(14-27)9-18(8-16)15-27/h3-6,10-12,16-18,29H,2,7-9,13-15H2,1H3,(H,30,31)/p-1/b6-4+. The number of aliphatic carboxylic acids is 1. The van der Waals surface area contributed by atoms with Crippen LogP contribution in [-0.2, 0) is 10.2 Å². The summed E-state index contributed by atoms with van der Waals surface area (Å²) in [5.74, 6) is 1.94. The first kappa shape index (κ1) is 21.4. The van der Waals surface area contributed by atoms with E-state index < -0.39 is 5.97 Å². The van der Waals surface area contributed by atoms with Gasteiger partial charge in [0.25, 0.3) is 0 Å². The number of carboxylic acids is 1. The van der Waals surface area contributed by atoms with Crippen LogP contribution in [0.4, 0.5) is 0 Å². The highest BCUT2D eigenvalue weighted by Gasteiger charge is 2.51. The molecular weight excluding hydrogens is 424 g/mol. The Morgan fingerprint density at radius 2 is 1.81 bits per heavy atom. The molecule has 4 fully saturated rings. The summed E-state index contributed by atoms with van der Waals surface area (Å²) in [6.45, 7) is 2.33. The topological polar surface area (TPSA) is 69.6 Å². The van der Waals surface area contributed by atoms with Gasteiger partial charge in [0, 0.05) is 22.2 Å². The van der Waals surface area contributed by atoms with Crippen LogP contribution in [0.2, 0.25) is 5.02 Å². The molecule has 4 aliphatic carbocycles. The monoisotopic (exact) mass is 451 g/mol. The number of benzene rings is 2. The molecule has 4 bridgehead atoms.